The number of carbonyl (C=O) groups is 1. The van der Waals surface area contributed by atoms with E-state index < -0.39 is 17.5 Å². The molecule has 0 saturated carbocycles. The van der Waals surface area contributed by atoms with E-state index in [2.05, 4.69) is 0 Å². The monoisotopic (exact) mass is 219 g/mol. The quantitative estimate of drug-likeness (QED) is 0.452. The molecule has 0 radical (unpaired) electrons. The fourth-order valence-electron chi connectivity index (χ4n) is 1.96. The molecule has 0 aromatic heterocycles. The van der Waals surface area contributed by atoms with Crippen molar-refractivity contribution in [3.05, 3.63) is 0 Å². The number of hydrogen-bond donors (Lipinski definition) is 4. The van der Waals surface area contributed by atoms with Crippen LogP contribution in [0, 0.1) is 0 Å². The second-order valence-electron chi connectivity index (χ2n) is 3.88. The molecular formula is C9H17NO5. The maximum Gasteiger partial charge on any atom is 0.357 e. The molecule has 0 aromatic carbocycles. The van der Waals surface area contributed by atoms with E-state index in [1.165, 1.54) is 4.90 Å². The molecule has 1 aliphatic rings. The highest BCUT2D eigenvalue weighted by Crippen LogP contribution is 2.33. The van der Waals surface area contributed by atoms with Crippen LogP contribution >= 0.6 is 0 Å². The van der Waals surface area contributed by atoms with Crippen LogP contribution in [0.3, 0.4) is 0 Å². The van der Waals surface area contributed by atoms with Crippen LogP contribution in [0.5, 0.6) is 0 Å². The summed E-state index contributed by atoms with van der Waals surface area (Å²) in [5.41, 5.74) is -2.60. The minimum absolute atomic E-state index is 0.143. The minimum atomic E-state index is -2.60. The summed E-state index contributed by atoms with van der Waals surface area (Å²) in [4.78, 5) is 12.2. The lowest BCUT2D eigenvalue weighted by molar-refractivity contribution is -0.332. The number of rotatable bonds is 3. The van der Waals surface area contributed by atoms with E-state index in [0.29, 0.717) is 25.9 Å². The first kappa shape index (κ1) is 12.4. The second-order valence-corrected chi connectivity index (χ2v) is 3.88. The SMILES string of the molecule is CCCN1CCCC(O)(O)C1(O)C(=O)O. The molecule has 1 fully saturated rings. The molecule has 1 rings (SSSR count). The van der Waals surface area contributed by atoms with Gasteiger partial charge in [-0.15, -0.1) is 0 Å². The molecule has 15 heavy (non-hydrogen) atoms. The normalized spacial score (nSPS) is 31.5. The van der Waals surface area contributed by atoms with Gasteiger partial charge in [0.15, 0.2) is 0 Å². The van der Waals surface area contributed by atoms with E-state index in [0.717, 1.165) is 0 Å². The molecular weight excluding hydrogens is 202 g/mol. The Bertz CT molecular complexity index is 253. The average molecular weight is 219 g/mol. The molecule has 6 nitrogen and oxygen atoms in total. The second kappa shape index (κ2) is 4.05. The summed E-state index contributed by atoms with van der Waals surface area (Å²) in [7, 11) is 0. The summed E-state index contributed by atoms with van der Waals surface area (Å²) >= 11 is 0. The van der Waals surface area contributed by atoms with Crippen molar-refractivity contribution in [1.82, 2.24) is 4.90 Å². The molecule has 0 spiro atoms. The Hall–Kier alpha value is -0.690. The molecule has 88 valence electrons. The van der Waals surface area contributed by atoms with Gasteiger partial charge in [-0.1, -0.05) is 6.92 Å². The largest absolute Gasteiger partial charge is 0.478 e. The maximum atomic E-state index is 11.0. The van der Waals surface area contributed by atoms with E-state index in [1.54, 1.807) is 0 Å². The Morgan fingerprint density at radius 3 is 2.47 bits per heavy atom. The van der Waals surface area contributed by atoms with Crippen LogP contribution in [0.2, 0.25) is 0 Å². The molecule has 1 unspecified atom stereocenters. The lowest BCUT2D eigenvalue weighted by Crippen LogP contribution is -2.71. The molecule has 1 saturated heterocycles. The van der Waals surface area contributed by atoms with Gasteiger partial charge in [0.1, 0.15) is 0 Å². The van der Waals surface area contributed by atoms with Crippen molar-refractivity contribution in [2.45, 2.75) is 37.7 Å². The maximum absolute atomic E-state index is 11.0. The fraction of sp³-hybridized carbons (Fsp3) is 0.889. The number of piperidine rings is 1. The van der Waals surface area contributed by atoms with Crippen LogP contribution in [-0.2, 0) is 4.79 Å². The Morgan fingerprint density at radius 2 is 2.00 bits per heavy atom. The topological polar surface area (TPSA) is 101 Å². The van der Waals surface area contributed by atoms with E-state index in [1.807, 2.05) is 6.92 Å². The standard InChI is InChI=1S/C9H17NO5/c1-2-5-10-6-3-4-8(13,14)9(10,15)7(11)12/h13-15H,2-6H2,1H3,(H,11,12). The van der Waals surface area contributed by atoms with Gasteiger partial charge in [0.25, 0.3) is 5.72 Å². The Balaban J connectivity index is 3.02. The van der Waals surface area contributed by atoms with Gasteiger partial charge in [0, 0.05) is 19.5 Å². The van der Waals surface area contributed by atoms with E-state index in [9.17, 15) is 20.1 Å². The van der Waals surface area contributed by atoms with Crippen molar-refractivity contribution in [3.8, 4) is 0 Å². The molecule has 0 aliphatic carbocycles. The molecule has 4 N–H and O–H groups in total. The Labute approximate surface area is 87.8 Å². The molecule has 1 heterocycles. The molecule has 0 aromatic rings. The van der Waals surface area contributed by atoms with Crippen LogP contribution in [0.4, 0.5) is 0 Å². The zero-order chi connectivity index (χ0) is 11.7. The number of nitrogens with zero attached hydrogens (tertiary/aromatic N) is 1. The van der Waals surface area contributed by atoms with Crippen LogP contribution in [-0.4, -0.2) is 55.9 Å². The highest BCUT2D eigenvalue weighted by molar-refractivity contribution is 5.78. The summed E-state index contributed by atoms with van der Waals surface area (Å²) in [6.45, 7) is 2.48. The van der Waals surface area contributed by atoms with Crippen molar-refractivity contribution in [3.63, 3.8) is 0 Å². The molecule has 1 atom stereocenters. The first-order valence-electron chi connectivity index (χ1n) is 5.02. The molecule has 0 amide bonds. The predicted octanol–water partition coefficient (Wildman–Crippen LogP) is -1.05. The zero-order valence-corrected chi connectivity index (χ0v) is 8.68. The molecule has 0 bridgehead atoms. The smallest absolute Gasteiger partial charge is 0.357 e. The van der Waals surface area contributed by atoms with Crippen LogP contribution < -0.4 is 0 Å². The predicted molar refractivity (Wildman–Crippen MR) is 50.9 cm³/mol. The van der Waals surface area contributed by atoms with Gasteiger partial charge < -0.3 is 20.4 Å². The summed E-state index contributed by atoms with van der Waals surface area (Å²) in [5.74, 6) is -4.22. The van der Waals surface area contributed by atoms with Crippen molar-refractivity contribution in [1.29, 1.82) is 0 Å². The first-order valence-corrected chi connectivity index (χ1v) is 5.02. The first-order chi connectivity index (χ1) is 6.86. The van der Waals surface area contributed by atoms with Crippen LogP contribution in [0.1, 0.15) is 26.2 Å². The number of aliphatic hydroxyl groups is 3. The van der Waals surface area contributed by atoms with Crippen molar-refractivity contribution in [2.75, 3.05) is 13.1 Å². The van der Waals surface area contributed by atoms with Gasteiger partial charge in [0.2, 0.25) is 5.79 Å². The summed E-state index contributed by atoms with van der Waals surface area (Å²) in [6.07, 6.45) is 0.935. The third-order valence-corrected chi connectivity index (χ3v) is 2.76. The van der Waals surface area contributed by atoms with E-state index >= 15 is 0 Å². The highest BCUT2D eigenvalue weighted by atomic mass is 16.5. The number of carboxylic acid groups (broad SMARTS) is 1. The lowest BCUT2D eigenvalue weighted by atomic mass is 9.90. The van der Waals surface area contributed by atoms with Gasteiger partial charge in [0.05, 0.1) is 0 Å². The number of aliphatic carboxylic acids is 1. The van der Waals surface area contributed by atoms with Gasteiger partial charge in [-0.25, -0.2) is 4.79 Å². The summed E-state index contributed by atoms with van der Waals surface area (Å²) in [5, 5.41) is 37.9. The molecule has 6 heteroatoms. The Morgan fingerprint density at radius 1 is 1.40 bits per heavy atom. The minimum Gasteiger partial charge on any atom is -0.478 e. The van der Waals surface area contributed by atoms with Gasteiger partial charge in [-0.2, -0.15) is 0 Å². The van der Waals surface area contributed by atoms with Crippen molar-refractivity contribution in [2.24, 2.45) is 0 Å². The number of hydrogen-bond acceptors (Lipinski definition) is 5. The fourth-order valence-corrected chi connectivity index (χ4v) is 1.96. The zero-order valence-electron chi connectivity index (χ0n) is 8.68. The number of carboxylic acids is 1. The van der Waals surface area contributed by atoms with Crippen LogP contribution in [0.15, 0.2) is 0 Å². The number of likely N-dealkylation sites (tertiary alicyclic amines) is 1. The summed E-state index contributed by atoms with van der Waals surface area (Å²) < 4.78 is 0. The third-order valence-electron chi connectivity index (χ3n) is 2.76. The third kappa shape index (κ3) is 1.85. The average Bonchev–Trinajstić information content (AvgIpc) is 2.12. The van der Waals surface area contributed by atoms with Crippen molar-refractivity contribution >= 4 is 5.97 Å². The van der Waals surface area contributed by atoms with Crippen LogP contribution in [0.25, 0.3) is 0 Å². The lowest BCUT2D eigenvalue weighted by Gasteiger charge is -2.47. The summed E-state index contributed by atoms with van der Waals surface area (Å²) in [6, 6.07) is 0. The molecule has 1 aliphatic heterocycles. The van der Waals surface area contributed by atoms with Gasteiger partial charge in [-0.05, 0) is 12.8 Å². The van der Waals surface area contributed by atoms with Crippen molar-refractivity contribution < 1.29 is 25.2 Å². The van der Waals surface area contributed by atoms with Gasteiger partial charge >= 0.3 is 5.97 Å². The van der Waals surface area contributed by atoms with Gasteiger partial charge in [-0.3, -0.25) is 4.90 Å². The van der Waals surface area contributed by atoms with E-state index in [4.69, 9.17) is 5.11 Å². The Kier molecular flexibility index (Phi) is 3.34. The highest BCUT2D eigenvalue weighted by Gasteiger charge is 2.60. The van der Waals surface area contributed by atoms with E-state index in [-0.39, 0.29) is 6.42 Å².